The van der Waals surface area contributed by atoms with Gasteiger partial charge in [-0.3, -0.25) is 4.79 Å². The second kappa shape index (κ2) is 7.89. The van der Waals surface area contributed by atoms with Gasteiger partial charge < -0.3 is 14.6 Å². The summed E-state index contributed by atoms with van der Waals surface area (Å²) in [5.41, 5.74) is 4.95. The lowest BCUT2D eigenvalue weighted by Gasteiger charge is -2.23. The maximum Gasteiger partial charge on any atom is 0.212 e. The number of fused-ring (bicyclic) bond motifs is 1. The van der Waals surface area contributed by atoms with Crippen LogP contribution in [0.4, 0.5) is 0 Å². The molecule has 1 aliphatic heterocycles. The molecule has 0 atom stereocenters. The van der Waals surface area contributed by atoms with Crippen molar-refractivity contribution in [2.24, 2.45) is 5.16 Å². The number of benzene rings is 2. The summed E-state index contributed by atoms with van der Waals surface area (Å²) in [6, 6.07) is 17.6. The maximum atomic E-state index is 13.2. The molecule has 4 rings (SSSR count). The molecule has 0 spiro atoms. The monoisotopic (exact) mass is 375 g/mol. The highest BCUT2D eigenvalue weighted by atomic mass is 16.6. The molecule has 0 aromatic heterocycles. The first-order chi connectivity index (χ1) is 13.7. The average molecular weight is 375 g/mol. The van der Waals surface area contributed by atoms with E-state index in [9.17, 15) is 4.79 Å². The predicted molar refractivity (Wildman–Crippen MR) is 110 cm³/mol. The number of nitrogens with zero attached hydrogens (tertiary/aromatic N) is 3. The summed E-state index contributed by atoms with van der Waals surface area (Å²) in [7, 11) is 2.01. The minimum Gasteiger partial charge on any atom is -0.390 e. The summed E-state index contributed by atoms with van der Waals surface area (Å²) >= 11 is 0. The van der Waals surface area contributed by atoms with Gasteiger partial charge in [0.2, 0.25) is 5.78 Å². The Balaban J connectivity index is 1.71. The molecule has 2 aromatic rings. The SMILES string of the molecule is CCCCN1CN(C)C2=C1C(=O)c1ccccc1/C2=N/OCc1ccccc1. The van der Waals surface area contributed by atoms with Crippen LogP contribution >= 0.6 is 0 Å². The van der Waals surface area contributed by atoms with Crippen LogP contribution < -0.4 is 0 Å². The van der Waals surface area contributed by atoms with E-state index in [-0.39, 0.29) is 5.78 Å². The van der Waals surface area contributed by atoms with E-state index in [4.69, 9.17) is 4.84 Å². The van der Waals surface area contributed by atoms with E-state index in [0.29, 0.717) is 18.8 Å². The molecule has 0 fully saturated rings. The summed E-state index contributed by atoms with van der Waals surface area (Å²) in [6.45, 7) is 4.12. The highest BCUT2D eigenvalue weighted by Crippen LogP contribution is 2.35. The van der Waals surface area contributed by atoms with Crippen molar-refractivity contribution in [1.82, 2.24) is 9.80 Å². The summed E-state index contributed by atoms with van der Waals surface area (Å²) < 4.78 is 0. The van der Waals surface area contributed by atoms with Gasteiger partial charge in [0.1, 0.15) is 18.0 Å². The highest BCUT2D eigenvalue weighted by Gasteiger charge is 2.40. The fourth-order valence-electron chi connectivity index (χ4n) is 3.78. The molecule has 0 radical (unpaired) electrons. The number of carbonyl (C=O) groups is 1. The molecule has 5 nitrogen and oxygen atoms in total. The Bertz CT molecular complexity index is 934. The van der Waals surface area contributed by atoms with E-state index >= 15 is 0 Å². The Morgan fingerprint density at radius 1 is 1.00 bits per heavy atom. The van der Waals surface area contributed by atoms with Gasteiger partial charge >= 0.3 is 0 Å². The van der Waals surface area contributed by atoms with E-state index in [1.165, 1.54) is 0 Å². The standard InChI is InChI=1S/C23H25N3O2/c1-3-4-14-26-16-25(2)21-20(24-28-15-17-10-6-5-7-11-17)18-12-8-9-13-19(18)23(27)22(21)26/h5-13H,3-4,14-16H2,1-2H3/b24-20-. The van der Waals surface area contributed by atoms with Crippen molar-refractivity contribution in [3.63, 3.8) is 0 Å². The molecule has 5 heteroatoms. The molecule has 0 saturated carbocycles. The first kappa shape index (κ1) is 18.3. The lowest BCUT2D eigenvalue weighted by atomic mass is 9.89. The largest absolute Gasteiger partial charge is 0.390 e. The average Bonchev–Trinajstić information content (AvgIpc) is 3.06. The van der Waals surface area contributed by atoms with Crippen LogP contribution in [0.1, 0.15) is 41.3 Å². The van der Waals surface area contributed by atoms with Gasteiger partial charge in [-0.25, -0.2) is 0 Å². The molecular weight excluding hydrogens is 350 g/mol. The Kier molecular flexibility index (Phi) is 5.15. The number of hydrogen-bond acceptors (Lipinski definition) is 5. The number of hydrogen-bond donors (Lipinski definition) is 0. The zero-order chi connectivity index (χ0) is 19.5. The smallest absolute Gasteiger partial charge is 0.212 e. The Morgan fingerprint density at radius 2 is 1.71 bits per heavy atom. The molecule has 144 valence electrons. The number of likely N-dealkylation sites (N-methyl/N-ethyl adjacent to an activating group) is 1. The maximum absolute atomic E-state index is 13.2. The lowest BCUT2D eigenvalue weighted by molar-refractivity contribution is 0.0992. The van der Waals surface area contributed by atoms with E-state index in [2.05, 4.69) is 21.9 Å². The zero-order valence-corrected chi connectivity index (χ0v) is 16.4. The summed E-state index contributed by atoms with van der Waals surface area (Å²) in [4.78, 5) is 23.2. The van der Waals surface area contributed by atoms with Crippen LogP contribution in [0.5, 0.6) is 0 Å². The van der Waals surface area contributed by atoms with Gasteiger partial charge in [-0.1, -0.05) is 73.1 Å². The Morgan fingerprint density at radius 3 is 2.46 bits per heavy atom. The molecule has 1 heterocycles. The second-order valence-corrected chi connectivity index (χ2v) is 7.23. The first-order valence-electron chi connectivity index (χ1n) is 9.79. The van der Waals surface area contributed by atoms with Gasteiger partial charge in [0.15, 0.2) is 0 Å². The van der Waals surface area contributed by atoms with Crippen LogP contribution in [-0.2, 0) is 11.4 Å². The van der Waals surface area contributed by atoms with Crippen LogP contribution in [0.15, 0.2) is 71.1 Å². The number of oxime groups is 1. The summed E-state index contributed by atoms with van der Waals surface area (Å²) in [6.07, 6.45) is 2.14. The molecule has 0 N–H and O–H groups in total. The number of Topliss-reactive ketones (excluding diaryl/α,β-unsaturated/α-hetero) is 1. The van der Waals surface area contributed by atoms with Gasteiger partial charge in [-0.15, -0.1) is 0 Å². The van der Waals surface area contributed by atoms with Gasteiger partial charge in [0.25, 0.3) is 0 Å². The van der Waals surface area contributed by atoms with Gasteiger partial charge in [-0.2, -0.15) is 0 Å². The van der Waals surface area contributed by atoms with Gasteiger partial charge in [-0.05, 0) is 12.0 Å². The molecule has 1 aliphatic carbocycles. The third kappa shape index (κ3) is 3.28. The Hall–Kier alpha value is -3.08. The molecule has 2 aromatic carbocycles. The van der Waals surface area contributed by atoms with Crippen molar-refractivity contribution in [1.29, 1.82) is 0 Å². The molecule has 0 saturated heterocycles. The van der Waals surface area contributed by atoms with Crippen molar-refractivity contribution in [2.75, 3.05) is 20.3 Å². The fourth-order valence-corrected chi connectivity index (χ4v) is 3.78. The van der Waals surface area contributed by atoms with Crippen molar-refractivity contribution < 1.29 is 9.63 Å². The summed E-state index contributed by atoms with van der Waals surface area (Å²) in [5.74, 6) is 0.0769. The molecule has 2 aliphatic rings. The van der Waals surface area contributed by atoms with E-state index in [0.717, 1.165) is 47.6 Å². The van der Waals surface area contributed by atoms with Crippen molar-refractivity contribution in [2.45, 2.75) is 26.4 Å². The number of ketones is 1. The van der Waals surface area contributed by atoms with E-state index in [1.807, 2.05) is 61.6 Å². The van der Waals surface area contributed by atoms with Crippen LogP contribution in [0.25, 0.3) is 0 Å². The van der Waals surface area contributed by atoms with E-state index in [1.54, 1.807) is 0 Å². The highest BCUT2D eigenvalue weighted by molar-refractivity contribution is 6.28. The third-order valence-electron chi connectivity index (χ3n) is 5.18. The van der Waals surface area contributed by atoms with Crippen molar-refractivity contribution >= 4 is 11.5 Å². The van der Waals surface area contributed by atoms with E-state index < -0.39 is 0 Å². The molecule has 0 bridgehead atoms. The van der Waals surface area contributed by atoms with Crippen molar-refractivity contribution in [3.05, 3.63) is 82.7 Å². The fraction of sp³-hybridized carbons (Fsp3) is 0.304. The predicted octanol–water partition coefficient (Wildman–Crippen LogP) is 4.02. The summed E-state index contributed by atoms with van der Waals surface area (Å²) in [5, 5.41) is 4.50. The van der Waals surface area contributed by atoms with Gasteiger partial charge in [0.05, 0.1) is 12.4 Å². The van der Waals surface area contributed by atoms with Crippen molar-refractivity contribution in [3.8, 4) is 0 Å². The minimum atomic E-state index is 0.0769. The number of allylic oxidation sites excluding steroid dienone is 2. The third-order valence-corrected chi connectivity index (χ3v) is 5.18. The molecule has 0 amide bonds. The van der Waals surface area contributed by atoms with Gasteiger partial charge in [0, 0.05) is 24.7 Å². The molecule has 28 heavy (non-hydrogen) atoms. The molecular formula is C23H25N3O2. The first-order valence-corrected chi connectivity index (χ1v) is 9.79. The topological polar surface area (TPSA) is 45.1 Å². The van der Waals surface area contributed by atoms with Crippen LogP contribution in [0, 0.1) is 0 Å². The quantitative estimate of drug-likeness (QED) is 0.716. The van der Waals surface area contributed by atoms with Crippen LogP contribution in [-0.4, -0.2) is 41.6 Å². The molecule has 0 unspecified atom stereocenters. The number of unbranched alkanes of at least 4 members (excludes halogenated alkanes) is 1. The normalized spacial score (nSPS) is 17.2. The zero-order valence-electron chi connectivity index (χ0n) is 16.4. The number of carbonyl (C=O) groups excluding carboxylic acids is 1. The minimum absolute atomic E-state index is 0.0769. The lowest BCUT2D eigenvalue weighted by Crippen LogP contribution is -2.29. The Labute approximate surface area is 165 Å². The van der Waals surface area contributed by atoms with Crippen LogP contribution in [0.3, 0.4) is 0 Å². The number of rotatable bonds is 6. The van der Waals surface area contributed by atoms with Crippen LogP contribution in [0.2, 0.25) is 0 Å². The second-order valence-electron chi connectivity index (χ2n) is 7.23.